The molecule has 1 heterocycles. The Bertz CT molecular complexity index is 528. The molecule has 2 aliphatic rings. The van der Waals surface area contributed by atoms with Crippen molar-refractivity contribution < 1.29 is 18.7 Å². The molecule has 3 rings (SSSR count). The van der Waals surface area contributed by atoms with Crippen LogP contribution in [0.5, 0.6) is 0 Å². The Morgan fingerprint density at radius 1 is 1.45 bits per heavy atom. The van der Waals surface area contributed by atoms with Crippen LogP contribution in [0.25, 0.3) is 0 Å². The van der Waals surface area contributed by atoms with E-state index in [0.29, 0.717) is 13.0 Å². The van der Waals surface area contributed by atoms with Crippen LogP contribution in [0.2, 0.25) is 0 Å². The average molecular weight is 279 g/mol. The number of hydrogen-bond donors (Lipinski definition) is 1. The van der Waals surface area contributed by atoms with Crippen LogP contribution in [0.4, 0.5) is 10.1 Å². The van der Waals surface area contributed by atoms with Gasteiger partial charge in [-0.3, -0.25) is 0 Å². The zero-order chi connectivity index (χ0) is 14.2. The number of carbonyl (C=O) groups excluding carboxylic acids is 1. The molecule has 1 aliphatic heterocycles. The van der Waals surface area contributed by atoms with Crippen molar-refractivity contribution in [2.45, 2.75) is 43.8 Å². The average Bonchev–Trinajstić information content (AvgIpc) is 2.37. The van der Waals surface area contributed by atoms with E-state index in [1.165, 1.54) is 18.6 Å². The lowest BCUT2D eigenvalue weighted by Crippen LogP contribution is -2.48. The molecule has 2 N–H and O–H groups in total. The topological polar surface area (TPSA) is 61.6 Å². The van der Waals surface area contributed by atoms with Gasteiger partial charge in [-0.15, -0.1) is 0 Å². The molecule has 1 aromatic rings. The quantitative estimate of drug-likeness (QED) is 0.668. The number of benzene rings is 1. The Labute approximate surface area is 117 Å². The molecule has 1 atom stereocenters. The molecule has 1 unspecified atom stereocenters. The maximum absolute atomic E-state index is 13.0. The van der Waals surface area contributed by atoms with Crippen molar-refractivity contribution in [3.8, 4) is 0 Å². The number of esters is 1. The SMILES string of the molecule is Nc1cc(F)ccc1C(=O)OC1CCOC2(CCC2)C1. The molecular formula is C15H18FNO3. The molecule has 20 heavy (non-hydrogen) atoms. The highest BCUT2D eigenvalue weighted by molar-refractivity contribution is 5.95. The van der Waals surface area contributed by atoms with Crippen molar-refractivity contribution in [3.05, 3.63) is 29.6 Å². The monoisotopic (exact) mass is 279 g/mol. The van der Waals surface area contributed by atoms with Crippen molar-refractivity contribution in [3.63, 3.8) is 0 Å². The van der Waals surface area contributed by atoms with E-state index < -0.39 is 11.8 Å². The summed E-state index contributed by atoms with van der Waals surface area (Å²) in [6, 6.07) is 3.71. The van der Waals surface area contributed by atoms with E-state index in [0.717, 1.165) is 25.3 Å². The molecule has 1 aromatic carbocycles. The van der Waals surface area contributed by atoms with Gasteiger partial charge < -0.3 is 15.2 Å². The number of carbonyl (C=O) groups is 1. The van der Waals surface area contributed by atoms with E-state index in [1.807, 2.05) is 0 Å². The van der Waals surface area contributed by atoms with Gasteiger partial charge in [0.2, 0.25) is 0 Å². The van der Waals surface area contributed by atoms with E-state index in [9.17, 15) is 9.18 Å². The number of hydrogen-bond acceptors (Lipinski definition) is 4. The molecule has 1 saturated heterocycles. The van der Waals surface area contributed by atoms with Gasteiger partial charge in [0.1, 0.15) is 11.9 Å². The van der Waals surface area contributed by atoms with E-state index in [-0.39, 0.29) is 23.0 Å². The summed E-state index contributed by atoms with van der Waals surface area (Å²) in [5.74, 6) is -0.942. The number of anilines is 1. The zero-order valence-electron chi connectivity index (χ0n) is 11.2. The van der Waals surface area contributed by atoms with Crippen LogP contribution in [0.3, 0.4) is 0 Å². The van der Waals surface area contributed by atoms with E-state index in [2.05, 4.69) is 0 Å². The molecule has 4 nitrogen and oxygen atoms in total. The predicted molar refractivity (Wildman–Crippen MR) is 71.8 cm³/mol. The number of ether oxygens (including phenoxy) is 2. The maximum atomic E-state index is 13.0. The molecule has 1 aliphatic carbocycles. The maximum Gasteiger partial charge on any atom is 0.340 e. The minimum absolute atomic E-state index is 0.0719. The van der Waals surface area contributed by atoms with Gasteiger partial charge in [0, 0.05) is 18.5 Å². The normalized spacial score (nSPS) is 24.1. The first-order chi connectivity index (χ1) is 9.58. The molecule has 0 aromatic heterocycles. The standard InChI is InChI=1S/C15H18FNO3/c16-10-2-3-12(13(17)8-10)14(18)20-11-4-7-19-15(9-11)5-1-6-15/h2-3,8,11H,1,4-7,9,17H2. The largest absolute Gasteiger partial charge is 0.459 e. The molecular weight excluding hydrogens is 261 g/mol. The van der Waals surface area contributed by atoms with Gasteiger partial charge in [0.25, 0.3) is 0 Å². The number of nitrogen functional groups attached to an aromatic ring is 1. The Morgan fingerprint density at radius 3 is 2.90 bits per heavy atom. The van der Waals surface area contributed by atoms with Crippen molar-refractivity contribution in [1.82, 2.24) is 0 Å². The van der Waals surface area contributed by atoms with Gasteiger partial charge in [0.15, 0.2) is 0 Å². The Balaban J connectivity index is 1.66. The summed E-state index contributed by atoms with van der Waals surface area (Å²) in [6.45, 7) is 0.622. The summed E-state index contributed by atoms with van der Waals surface area (Å²) >= 11 is 0. The molecule has 2 fully saturated rings. The fraction of sp³-hybridized carbons (Fsp3) is 0.533. The fourth-order valence-electron chi connectivity index (χ4n) is 2.94. The second-order valence-corrected chi connectivity index (χ2v) is 5.64. The molecule has 0 radical (unpaired) electrons. The first-order valence-corrected chi connectivity index (χ1v) is 6.98. The summed E-state index contributed by atoms with van der Waals surface area (Å²) in [4.78, 5) is 12.1. The van der Waals surface area contributed by atoms with Crippen LogP contribution in [0.1, 0.15) is 42.5 Å². The van der Waals surface area contributed by atoms with Gasteiger partial charge in [-0.1, -0.05) is 0 Å². The van der Waals surface area contributed by atoms with Crippen LogP contribution < -0.4 is 5.73 Å². The van der Waals surface area contributed by atoms with Crippen LogP contribution in [-0.2, 0) is 9.47 Å². The predicted octanol–water partition coefficient (Wildman–Crippen LogP) is 2.67. The minimum Gasteiger partial charge on any atom is -0.459 e. The van der Waals surface area contributed by atoms with Crippen LogP contribution in [0, 0.1) is 5.82 Å². The molecule has 5 heteroatoms. The smallest absolute Gasteiger partial charge is 0.340 e. The lowest BCUT2D eigenvalue weighted by Gasteiger charge is -2.46. The van der Waals surface area contributed by atoms with Crippen molar-refractivity contribution >= 4 is 11.7 Å². The van der Waals surface area contributed by atoms with Crippen molar-refractivity contribution in [1.29, 1.82) is 0 Å². The first-order valence-electron chi connectivity index (χ1n) is 6.98. The van der Waals surface area contributed by atoms with Crippen molar-refractivity contribution in [2.24, 2.45) is 0 Å². The highest BCUT2D eigenvalue weighted by Gasteiger charge is 2.43. The fourth-order valence-corrected chi connectivity index (χ4v) is 2.94. The molecule has 0 bridgehead atoms. The lowest BCUT2D eigenvalue weighted by atomic mass is 9.74. The minimum atomic E-state index is -0.483. The van der Waals surface area contributed by atoms with Gasteiger partial charge in [-0.05, 0) is 37.5 Å². The summed E-state index contributed by atoms with van der Waals surface area (Å²) in [5, 5.41) is 0. The summed E-state index contributed by atoms with van der Waals surface area (Å²) < 4.78 is 24.3. The van der Waals surface area contributed by atoms with Gasteiger partial charge in [-0.2, -0.15) is 0 Å². The van der Waals surface area contributed by atoms with Crippen molar-refractivity contribution in [2.75, 3.05) is 12.3 Å². The molecule has 1 spiro atoms. The van der Waals surface area contributed by atoms with Crippen LogP contribution in [-0.4, -0.2) is 24.3 Å². The van der Waals surface area contributed by atoms with E-state index in [1.54, 1.807) is 0 Å². The molecule has 0 amide bonds. The summed E-state index contributed by atoms with van der Waals surface area (Å²) in [5.41, 5.74) is 5.91. The second-order valence-electron chi connectivity index (χ2n) is 5.64. The number of halogens is 1. The summed E-state index contributed by atoms with van der Waals surface area (Å²) in [7, 11) is 0. The first kappa shape index (κ1) is 13.4. The Kier molecular flexibility index (Phi) is 3.38. The zero-order valence-corrected chi connectivity index (χ0v) is 11.2. The Morgan fingerprint density at radius 2 is 2.25 bits per heavy atom. The van der Waals surface area contributed by atoms with E-state index in [4.69, 9.17) is 15.2 Å². The lowest BCUT2D eigenvalue weighted by molar-refractivity contribution is -0.159. The Hall–Kier alpha value is -1.62. The van der Waals surface area contributed by atoms with E-state index >= 15 is 0 Å². The van der Waals surface area contributed by atoms with Crippen LogP contribution in [0.15, 0.2) is 18.2 Å². The number of rotatable bonds is 2. The summed E-state index contributed by atoms with van der Waals surface area (Å²) in [6.07, 6.45) is 4.57. The third-order valence-electron chi connectivity index (χ3n) is 4.22. The highest BCUT2D eigenvalue weighted by Crippen LogP contribution is 2.43. The third kappa shape index (κ3) is 2.50. The molecule has 108 valence electrons. The van der Waals surface area contributed by atoms with Gasteiger partial charge in [-0.25, -0.2) is 9.18 Å². The highest BCUT2D eigenvalue weighted by atomic mass is 19.1. The van der Waals surface area contributed by atoms with Crippen LogP contribution >= 0.6 is 0 Å². The molecule has 1 saturated carbocycles. The third-order valence-corrected chi connectivity index (χ3v) is 4.22. The van der Waals surface area contributed by atoms with Gasteiger partial charge >= 0.3 is 5.97 Å². The second kappa shape index (κ2) is 5.05. The number of nitrogens with two attached hydrogens (primary N) is 1. The van der Waals surface area contributed by atoms with Gasteiger partial charge in [0.05, 0.1) is 17.8 Å².